The molecule has 0 amide bonds. The van der Waals surface area contributed by atoms with Crippen molar-refractivity contribution in [1.82, 2.24) is 0 Å². The Labute approximate surface area is 145 Å². The van der Waals surface area contributed by atoms with Gasteiger partial charge in [0, 0.05) is 6.08 Å². The Balaban J connectivity index is 3.19. The standard InChI is InChI=1S/C21H40O2/c1-4-5-6-7-8-9-10-11-12-13-14-15-16-17-18-20(2)19-21(22)23-3/h19H,4-18H2,1-3H3/b20-19-. The Bertz CT molecular complexity index is 294. The zero-order valence-electron chi connectivity index (χ0n) is 16.0. The van der Waals surface area contributed by atoms with Crippen molar-refractivity contribution in [1.29, 1.82) is 0 Å². The van der Waals surface area contributed by atoms with E-state index in [0.717, 1.165) is 12.0 Å². The van der Waals surface area contributed by atoms with Crippen LogP contribution >= 0.6 is 0 Å². The first-order valence-electron chi connectivity index (χ1n) is 9.95. The smallest absolute Gasteiger partial charge is 0.330 e. The van der Waals surface area contributed by atoms with Crippen LogP contribution in [0.2, 0.25) is 0 Å². The van der Waals surface area contributed by atoms with Gasteiger partial charge in [0.25, 0.3) is 0 Å². The number of unbranched alkanes of at least 4 members (excludes halogenated alkanes) is 13. The highest BCUT2D eigenvalue weighted by Crippen LogP contribution is 2.14. The monoisotopic (exact) mass is 324 g/mol. The highest BCUT2D eigenvalue weighted by molar-refractivity contribution is 5.82. The second kappa shape index (κ2) is 17.6. The summed E-state index contributed by atoms with van der Waals surface area (Å²) in [6.45, 7) is 4.29. The van der Waals surface area contributed by atoms with Crippen molar-refractivity contribution >= 4 is 5.97 Å². The van der Waals surface area contributed by atoms with Gasteiger partial charge in [-0.3, -0.25) is 0 Å². The lowest BCUT2D eigenvalue weighted by molar-refractivity contribution is -0.134. The molecule has 0 bridgehead atoms. The van der Waals surface area contributed by atoms with Crippen LogP contribution in [-0.2, 0) is 9.53 Å². The fourth-order valence-corrected chi connectivity index (χ4v) is 2.93. The quantitative estimate of drug-likeness (QED) is 0.174. The molecule has 0 aliphatic rings. The van der Waals surface area contributed by atoms with E-state index in [1.807, 2.05) is 6.92 Å². The Morgan fingerprint density at radius 1 is 0.739 bits per heavy atom. The lowest BCUT2D eigenvalue weighted by atomic mass is 10.0. The van der Waals surface area contributed by atoms with Crippen LogP contribution < -0.4 is 0 Å². The average molecular weight is 325 g/mol. The van der Waals surface area contributed by atoms with Crippen molar-refractivity contribution in [2.24, 2.45) is 0 Å². The molecule has 0 aliphatic carbocycles. The van der Waals surface area contributed by atoms with E-state index in [2.05, 4.69) is 11.7 Å². The molecule has 0 N–H and O–H groups in total. The maximum atomic E-state index is 11.1. The van der Waals surface area contributed by atoms with E-state index in [9.17, 15) is 4.79 Å². The predicted octanol–water partition coefficient (Wildman–Crippen LogP) is 6.98. The van der Waals surface area contributed by atoms with E-state index in [4.69, 9.17) is 0 Å². The van der Waals surface area contributed by atoms with Crippen LogP contribution in [0.1, 0.15) is 110 Å². The van der Waals surface area contributed by atoms with Crippen molar-refractivity contribution < 1.29 is 9.53 Å². The minimum Gasteiger partial charge on any atom is -0.466 e. The first-order chi connectivity index (χ1) is 11.2. The summed E-state index contributed by atoms with van der Waals surface area (Å²) >= 11 is 0. The van der Waals surface area contributed by atoms with Gasteiger partial charge in [-0.15, -0.1) is 0 Å². The molecule has 0 aliphatic heterocycles. The first-order valence-corrected chi connectivity index (χ1v) is 9.95. The van der Waals surface area contributed by atoms with E-state index in [0.29, 0.717) is 0 Å². The third-order valence-electron chi connectivity index (χ3n) is 4.49. The van der Waals surface area contributed by atoms with Gasteiger partial charge >= 0.3 is 5.97 Å². The third-order valence-corrected chi connectivity index (χ3v) is 4.49. The maximum absolute atomic E-state index is 11.1. The second-order valence-corrected chi connectivity index (χ2v) is 6.86. The van der Waals surface area contributed by atoms with E-state index in [1.165, 1.54) is 97.0 Å². The lowest BCUT2D eigenvalue weighted by Gasteiger charge is -2.04. The van der Waals surface area contributed by atoms with E-state index >= 15 is 0 Å². The van der Waals surface area contributed by atoms with Crippen LogP contribution in [-0.4, -0.2) is 13.1 Å². The van der Waals surface area contributed by atoms with Crippen LogP contribution in [0, 0.1) is 0 Å². The molecule has 0 rings (SSSR count). The molecule has 2 nitrogen and oxygen atoms in total. The summed E-state index contributed by atoms with van der Waals surface area (Å²) in [5.41, 5.74) is 1.13. The van der Waals surface area contributed by atoms with Gasteiger partial charge in [-0.1, -0.05) is 96.0 Å². The van der Waals surface area contributed by atoms with Crippen LogP contribution in [0.5, 0.6) is 0 Å². The normalized spacial score (nSPS) is 11.7. The summed E-state index contributed by atoms with van der Waals surface area (Å²) in [6.07, 6.45) is 22.0. The van der Waals surface area contributed by atoms with Gasteiger partial charge in [0.1, 0.15) is 0 Å². The molecule has 23 heavy (non-hydrogen) atoms. The number of carbonyl (C=O) groups is 1. The van der Waals surface area contributed by atoms with Gasteiger partial charge in [0.05, 0.1) is 7.11 Å². The molecule has 0 spiro atoms. The fourth-order valence-electron chi connectivity index (χ4n) is 2.93. The third kappa shape index (κ3) is 17.4. The summed E-state index contributed by atoms with van der Waals surface area (Å²) in [4.78, 5) is 11.1. The van der Waals surface area contributed by atoms with Crippen LogP contribution in [0.25, 0.3) is 0 Å². The topological polar surface area (TPSA) is 26.3 Å². The number of ether oxygens (including phenoxy) is 1. The Kier molecular flexibility index (Phi) is 17.0. The van der Waals surface area contributed by atoms with Gasteiger partial charge in [0.2, 0.25) is 0 Å². The van der Waals surface area contributed by atoms with Crippen LogP contribution in [0.3, 0.4) is 0 Å². The number of methoxy groups -OCH3 is 1. The molecule has 0 aromatic rings. The van der Waals surface area contributed by atoms with Crippen LogP contribution in [0.4, 0.5) is 0 Å². The van der Waals surface area contributed by atoms with Crippen molar-refractivity contribution in [3.8, 4) is 0 Å². The van der Waals surface area contributed by atoms with Gasteiger partial charge in [-0.2, -0.15) is 0 Å². The summed E-state index contributed by atoms with van der Waals surface area (Å²) in [5, 5.41) is 0. The highest BCUT2D eigenvalue weighted by Gasteiger charge is 1.98. The van der Waals surface area contributed by atoms with Crippen molar-refractivity contribution in [2.75, 3.05) is 7.11 Å². The molecule has 0 heterocycles. The molecule has 0 aromatic carbocycles. The number of allylic oxidation sites excluding steroid dienone is 1. The maximum Gasteiger partial charge on any atom is 0.330 e. The van der Waals surface area contributed by atoms with Gasteiger partial charge in [0.15, 0.2) is 0 Å². The minimum atomic E-state index is -0.229. The fraction of sp³-hybridized carbons (Fsp3) is 0.857. The van der Waals surface area contributed by atoms with Gasteiger partial charge in [-0.25, -0.2) is 4.79 Å². The minimum absolute atomic E-state index is 0.229. The molecule has 136 valence electrons. The Morgan fingerprint density at radius 3 is 1.52 bits per heavy atom. The molecule has 0 saturated heterocycles. The molecule has 0 unspecified atom stereocenters. The largest absolute Gasteiger partial charge is 0.466 e. The Morgan fingerprint density at radius 2 is 1.13 bits per heavy atom. The molecule has 0 aromatic heterocycles. The van der Waals surface area contributed by atoms with Crippen molar-refractivity contribution in [3.05, 3.63) is 11.6 Å². The molecule has 0 fully saturated rings. The average Bonchev–Trinajstić information content (AvgIpc) is 2.55. The first kappa shape index (κ1) is 22.2. The summed E-state index contributed by atoms with van der Waals surface area (Å²) in [6, 6.07) is 0. The molecule has 0 saturated carbocycles. The van der Waals surface area contributed by atoms with E-state index in [-0.39, 0.29) is 5.97 Å². The van der Waals surface area contributed by atoms with E-state index in [1.54, 1.807) is 6.08 Å². The number of hydrogen-bond donors (Lipinski definition) is 0. The highest BCUT2D eigenvalue weighted by atomic mass is 16.5. The molecular formula is C21H40O2. The number of esters is 1. The molecule has 0 atom stereocenters. The van der Waals surface area contributed by atoms with Crippen LogP contribution in [0.15, 0.2) is 11.6 Å². The van der Waals surface area contributed by atoms with E-state index < -0.39 is 0 Å². The lowest BCUT2D eigenvalue weighted by Crippen LogP contribution is -1.96. The predicted molar refractivity (Wildman–Crippen MR) is 101 cm³/mol. The zero-order valence-corrected chi connectivity index (χ0v) is 16.0. The number of rotatable bonds is 16. The SMILES string of the molecule is CCCCCCCCCCCCCCCC/C(C)=C\C(=O)OC. The summed E-state index contributed by atoms with van der Waals surface area (Å²) in [5.74, 6) is -0.229. The number of hydrogen-bond acceptors (Lipinski definition) is 2. The molecule has 0 radical (unpaired) electrons. The summed E-state index contributed by atoms with van der Waals surface area (Å²) in [7, 11) is 1.43. The van der Waals surface area contributed by atoms with Crippen molar-refractivity contribution in [3.63, 3.8) is 0 Å². The van der Waals surface area contributed by atoms with Crippen molar-refractivity contribution in [2.45, 2.75) is 110 Å². The zero-order chi connectivity index (χ0) is 17.2. The Hall–Kier alpha value is -0.790. The summed E-state index contributed by atoms with van der Waals surface area (Å²) < 4.78 is 4.63. The molecule has 2 heteroatoms. The number of carbonyl (C=O) groups excluding carboxylic acids is 1. The van der Waals surface area contributed by atoms with Gasteiger partial charge < -0.3 is 4.74 Å². The van der Waals surface area contributed by atoms with Gasteiger partial charge in [-0.05, 0) is 19.8 Å². The second-order valence-electron chi connectivity index (χ2n) is 6.86. The molecular weight excluding hydrogens is 284 g/mol.